The van der Waals surface area contributed by atoms with E-state index >= 15 is 0 Å². The molecule has 1 rings (SSSR count). The van der Waals surface area contributed by atoms with Crippen LogP contribution in [0.25, 0.3) is 0 Å². The molecule has 0 aliphatic heterocycles. The lowest BCUT2D eigenvalue weighted by Crippen LogP contribution is -2.43. The molecular formula is C14H26N2O4. The molecule has 0 aromatic rings. The molecular weight excluding hydrogens is 260 g/mol. The molecule has 1 saturated carbocycles. The van der Waals surface area contributed by atoms with Crippen LogP contribution in [0.1, 0.15) is 52.9 Å². The summed E-state index contributed by atoms with van der Waals surface area (Å²) in [6.07, 6.45) is 2.93. The first-order chi connectivity index (χ1) is 9.17. The highest BCUT2D eigenvalue weighted by molar-refractivity contribution is 5.68. The molecule has 0 heterocycles. The highest BCUT2D eigenvalue weighted by Crippen LogP contribution is 2.27. The maximum absolute atomic E-state index is 11.7. The summed E-state index contributed by atoms with van der Waals surface area (Å²) in [5.74, 6) is -0.630. The van der Waals surface area contributed by atoms with Gasteiger partial charge in [-0.2, -0.15) is 0 Å². The van der Waals surface area contributed by atoms with Crippen molar-refractivity contribution in [2.75, 3.05) is 0 Å². The van der Waals surface area contributed by atoms with E-state index < -0.39 is 17.7 Å². The highest BCUT2D eigenvalue weighted by Gasteiger charge is 2.28. The number of hydrogen-bond acceptors (Lipinski definition) is 4. The van der Waals surface area contributed by atoms with Gasteiger partial charge in [0.2, 0.25) is 0 Å². The van der Waals surface area contributed by atoms with Gasteiger partial charge < -0.3 is 20.9 Å². The Bertz CT molecular complexity index is 344. The fraction of sp³-hybridized carbons (Fsp3) is 0.857. The number of carbonyl (C=O) groups is 2. The second-order valence-electron chi connectivity index (χ2n) is 6.52. The Morgan fingerprint density at radius 3 is 2.30 bits per heavy atom. The van der Waals surface area contributed by atoms with Gasteiger partial charge in [0.1, 0.15) is 5.60 Å². The standard InChI is InChI=1S/C14H26N2O4/c1-14(2,3)20-13(19)16-10-6-4-9(5-7-10)11(15)8-12(17)18/h9-11H,4-8,15H2,1-3H3,(H,16,19)(H,17,18). The zero-order valence-corrected chi connectivity index (χ0v) is 12.5. The Morgan fingerprint density at radius 2 is 1.85 bits per heavy atom. The average molecular weight is 286 g/mol. The molecule has 1 aliphatic carbocycles. The summed E-state index contributed by atoms with van der Waals surface area (Å²) >= 11 is 0. The van der Waals surface area contributed by atoms with Crippen LogP contribution in [0.5, 0.6) is 0 Å². The summed E-state index contributed by atoms with van der Waals surface area (Å²) in [6.45, 7) is 5.48. The molecule has 0 saturated heterocycles. The van der Waals surface area contributed by atoms with E-state index in [2.05, 4.69) is 5.32 Å². The summed E-state index contributed by atoms with van der Waals surface area (Å²) in [4.78, 5) is 22.3. The fourth-order valence-electron chi connectivity index (χ4n) is 2.53. The van der Waals surface area contributed by atoms with Crippen LogP contribution in [0.3, 0.4) is 0 Å². The number of hydrogen-bond donors (Lipinski definition) is 3. The quantitative estimate of drug-likeness (QED) is 0.732. The van der Waals surface area contributed by atoms with Crippen LogP contribution in [-0.2, 0) is 9.53 Å². The predicted octanol–water partition coefficient (Wildman–Crippen LogP) is 1.87. The number of nitrogens with one attached hydrogen (secondary N) is 1. The van der Waals surface area contributed by atoms with Crippen molar-refractivity contribution in [3.05, 3.63) is 0 Å². The number of carbonyl (C=O) groups excluding carboxylic acids is 1. The van der Waals surface area contributed by atoms with E-state index in [1.807, 2.05) is 20.8 Å². The minimum absolute atomic E-state index is 0.00876. The molecule has 20 heavy (non-hydrogen) atoms. The Labute approximate surface area is 120 Å². The van der Waals surface area contributed by atoms with E-state index in [0.717, 1.165) is 25.7 Å². The van der Waals surface area contributed by atoms with Crippen molar-refractivity contribution in [2.24, 2.45) is 11.7 Å². The molecule has 4 N–H and O–H groups in total. The van der Waals surface area contributed by atoms with Gasteiger partial charge >= 0.3 is 12.1 Å². The van der Waals surface area contributed by atoms with Gasteiger partial charge in [0.25, 0.3) is 0 Å². The van der Waals surface area contributed by atoms with Gasteiger partial charge in [0.15, 0.2) is 0 Å². The maximum Gasteiger partial charge on any atom is 0.407 e. The topological polar surface area (TPSA) is 102 Å². The summed E-state index contributed by atoms with van der Waals surface area (Å²) in [7, 11) is 0. The van der Waals surface area contributed by atoms with Gasteiger partial charge in [0, 0.05) is 12.1 Å². The third-order valence-electron chi connectivity index (χ3n) is 3.51. The number of carboxylic acid groups (broad SMARTS) is 1. The minimum atomic E-state index is -0.855. The molecule has 0 bridgehead atoms. The van der Waals surface area contributed by atoms with Crippen LogP contribution in [0.4, 0.5) is 4.79 Å². The second-order valence-corrected chi connectivity index (χ2v) is 6.52. The van der Waals surface area contributed by atoms with E-state index in [-0.39, 0.29) is 24.4 Å². The van der Waals surface area contributed by atoms with Crippen LogP contribution in [0.15, 0.2) is 0 Å². The number of aliphatic carboxylic acids is 1. The summed E-state index contributed by atoms with van der Waals surface area (Å²) in [5.41, 5.74) is 5.39. The molecule has 116 valence electrons. The molecule has 1 atom stereocenters. The van der Waals surface area contributed by atoms with Crippen LogP contribution in [0, 0.1) is 5.92 Å². The maximum atomic E-state index is 11.7. The third-order valence-corrected chi connectivity index (χ3v) is 3.51. The van der Waals surface area contributed by atoms with E-state index in [4.69, 9.17) is 15.6 Å². The molecule has 1 unspecified atom stereocenters. The normalized spacial score (nSPS) is 24.8. The van der Waals surface area contributed by atoms with E-state index in [0.29, 0.717) is 0 Å². The number of rotatable bonds is 4. The molecule has 6 heteroatoms. The molecule has 6 nitrogen and oxygen atoms in total. The predicted molar refractivity (Wildman–Crippen MR) is 75.3 cm³/mol. The Morgan fingerprint density at radius 1 is 1.30 bits per heavy atom. The molecule has 0 radical (unpaired) electrons. The van der Waals surface area contributed by atoms with Gasteiger partial charge in [0.05, 0.1) is 6.42 Å². The van der Waals surface area contributed by atoms with E-state index in [9.17, 15) is 9.59 Å². The molecule has 0 aromatic carbocycles. The zero-order valence-electron chi connectivity index (χ0n) is 12.5. The van der Waals surface area contributed by atoms with Gasteiger partial charge in [-0.1, -0.05) is 0 Å². The lowest BCUT2D eigenvalue weighted by atomic mass is 9.81. The van der Waals surface area contributed by atoms with Crippen molar-refractivity contribution >= 4 is 12.1 Å². The van der Waals surface area contributed by atoms with Crippen molar-refractivity contribution in [1.29, 1.82) is 0 Å². The molecule has 0 spiro atoms. The van der Waals surface area contributed by atoms with Crippen molar-refractivity contribution in [1.82, 2.24) is 5.32 Å². The zero-order chi connectivity index (χ0) is 15.3. The number of carboxylic acids is 1. The molecule has 0 aromatic heterocycles. The monoisotopic (exact) mass is 286 g/mol. The first kappa shape index (κ1) is 16.8. The van der Waals surface area contributed by atoms with Gasteiger partial charge in [-0.25, -0.2) is 4.79 Å². The number of nitrogens with two attached hydrogens (primary N) is 1. The Hall–Kier alpha value is -1.30. The van der Waals surface area contributed by atoms with Crippen molar-refractivity contribution < 1.29 is 19.4 Å². The number of amides is 1. The Balaban J connectivity index is 2.32. The average Bonchev–Trinajstić information content (AvgIpc) is 2.26. The highest BCUT2D eigenvalue weighted by atomic mass is 16.6. The largest absolute Gasteiger partial charge is 0.481 e. The Kier molecular flexibility index (Phi) is 5.80. The summed E-state index contributed by atoms with van der Waals surface area (Å²) < 4.78 is 5.21. The first-order valence-corrected chi connectivity index (χ1v) is 7.14. The van der Waals surface area contributed by atoms with Crippen LogP contribution >= 0.6 is 0 Å². The smallest absolute Gasteiger partial charge is 0.407 e. The molecule has 1 fully saturated rings. The lowest BCUT2D eigenvalue weighted by molar-refractivity contribution is -0.137. The van der Waals surface area contributed by atoms with Gasteiger partial charge in [-0.15, -0.1) is 0 Å². The van der Waals surface area contributed by atoms with Crippen molar-refractivity contribution in [2.45, 2.75) is 70.6 Å². The van der Waals surface area contributed by atoms with Crippen LogP contribution in [0.2, 0.25) is 0 Å². The summed E-state index contributed by atoms with van der Waals surface area (Å²) in [5, 5.41) is 11.6. The van der Waals surface area contributed by atoms with E-state index in [1.54, 1.807) is 0 Å². The van der Waals surface area contributed by atoms with Crippen LogP contribution < -0.4 is 11.1 Å². The molecule has 1 aliphatic rings. The number of alkyl carbamates (subject to hydrolysis) is 1. The minimum Gasteiger partial charge on any atom is -0.481 e. The van der Waals surface area contributed by atoms with Crippen molar-refractivity contribution in [3.8, 4) is 0 Å². The van der Waals surface area contributed by atoms with Crippen LogP contribution in [-0.4, -0.2) is 34.9 Å². The second kappa shape index (κ2) is 6.92. The summed E-state index contributed by atoms with van der Waals surface area (Å²) in [6, 6.07) is -0.201. The number of ether oxygens (including phenoxy) is 1. The van der Waals surface area contributed by atoms with E-state index in [1.165, 1.54) is 0 Å². The van der Waals surface area contributed by atoms with Crippen molar-refractivity contribution in [3.63, 3.8) is 0 Å². The third kappa shape index (κ3) is 6.23. The lowest BCUT2D eigenvalue weighted by Gasteiger charge is -2.32. The van der Waals surface area contributed by atoms with Gasteiger partial charge in [-0.3, -0.25) is 4.79 Å². The first-order valence-electron chi connectivity index (χ1n) is 7.14. The van der Waals surface area contributed by atoms with Gasteiger partial charge in [-0.05, 0) is 52.4 Å². The fourth-order valence-corrected chi connectivity index (χ4v) is 2.53. The molecule has 1 amide bonds. The SMILES string of the molecule is CC(C)(C)OC(=O)NC1CCC(C(N)CC(=O)O)CC1.